The van der Waals surface area contributed by atoms with E-state index in [2.05, 4.69) is 6.07 Å². The van der Waals surface area contributed by atoms with Crippen LogP contribution in [0.4, 0.5) is 0 Å². The summed E-state index contributed by atoms with van der Waals surface area (Å²) in [6.45, 7) is 0.656. The largest absolute Gasteiger partial charge is 0.493 e. The maximum Gasteiger partial charge on any atom is 0.247 e. The van der Waals surface area contributed by atoms with Gasteiger partial charge >= 0.3 is 0 Å². The molecule has 148 valence electrons. The predicted molar refractivity (Wildman–Crippen MR) is 117 cm³/mol. The van der Waals surface area contributed by atoms with E-state index in [4.69, 9.17) is 9.47 Å². The van der Waals surface area contributed by atoms with E-state index in [1.807, 2.05) is 64.9 Å². The third-order valence-corrected chi connectivity index (χ3v) is 6.11. The van der Waals surface area contributed by atoms with Crippen LogP contribution >= 0.6 is 11.3 Å². The summed E-state index contributed by atoms with van der Waals surface area (Å²) in [7, 11) is 3.28. The van der Waals surface area contributed by atoms with Gasteiger partial charge in [-0.3, -0.25) is 4.79 Å². The molecule has 29 heavy (non-hydrogen) atoms. The second-order valence-electron chi connectivity index (χ2n) is 6.85. The smallest absolute Gasteiger partial charge is 0.247 e. The third kappa shape index (κ3) is 3.91. The highest BCUT2D eigenvalue weighted by molar-refractivity contribution is 7.10. The number of amides is 1. The summed E-state index contributed by atoms with van der Waals surface area (Å²) in [5, 5.41) is 2.05. The van der Waals surface area contributed by atoms with Crippen LogP contribution in [0.15, 0.2) is 66.1 Å². The van der Waals surface area contributed by atoms with E-state index in [1.165, 1.54) is 5.56 Å². The van der Waals surface area contributed by atoms with Gasteiger partial charge in [-0.25, -0.2) is 0 Å². The van der Waals surface area contributed by atoms with Gasteiger partial charge in [-0.15, -0.1) is 11.3 Å². The maximum absolute atomic E-state index is 13.2. The average Bonchev–Trinajstić information content (AvgIpc) is 3.30. The number of rotatable bonds is 5. The van der Waals surface area contributed by atoms with Crippen LogP contribution in [0.2, 0.25) is 0 Å². The van der Waals surface area contributed by atoms with Crippen LogP contribution in [0, 0.1) is 0 Å². The molecule has 1 unspecified atom stereocenters. The van der Waals surface area contributed by atoms with Crippen molar-refractivity contribution < 1.29 is 14.3 Å². The molecule has 0 fully saturated rings. The van der Waals surface area contributed by atoms with E-state index in [1.54, 1.807) is 31.6 Å². The van der Waals surface area contributed by atoms with Gasteiger partial charge in [0.1, 0.15) is 0 Å². The molecule has 1 amide bonds. The van der Waals surface area contributed by atoms with Crippen LogP contribution in [0.5, 0.6) is 11.5 Å². The van der Waals surface area contributed by atoms with Crippen LogP contribution in [0.25, 0.3) is 6.08 Å². The Kier molecular flexibility index (Phi) is 5.67. The zero-order valence-corrected chi connectivity index (χ0v) is 17.3. The van der Waals surface area contributed by atoms with Crippen LogP contribution < -0.4 is 9.47 Å². The topological polar surface area (TPSA) is 38.8 Å². The van der Waals surface area contributed by atoms with Gasteiger partial charge in [0.2, 0.25) is 5.91 Å². The van der Waals surface area contributed by atoms with Gasteiger partial charge in [-0.2, -0.15) is 0 Å². The van der Waals surface area contributed by atoms with Gasteiger partial charge in [0.15, 0.2) is 11.5 Å². The number of carbonyl (C=O) groups excluding carboxylic acids is 1. The molecule has 0 saturated carbocycles. The highest BCUT2D eigenvalue weighted by Gasteiger charge is 2.33. The highest BCUT2D eigenvalue weighted by atomic mass is 32.1. The summed E-state index contributed by atoms with van der Waals surface area (Å²) in [6, 6.07) is 17.9. The molecule has 2 heterocycles. The Hall–Kier alpha value is -3.05. The van der Waals surface area contributed by atoms with Gasteiger partial charge in [0, 0.05) is 17.5 Å². The zero-order valence-electron chi connectivity index (χ0n) is 16.5. The number of nitrogens with zero attached hydrogens (tertiary/aromatic N) is 1. The molecule has 1 aliphatic heterocycles. The number of benzene rings is 2. The van der Waals surface area contributed by atoms with Crippen molar-refractivity contribution in [3.63, 3.8) is 0 Å². The van der Waals surface area contributed by atoms with E-state index in [0.717, 1.165) is 28.2 Å². The van der Waals surface area contributed by atoms with E-state index >= 15 is 0 Å². The molecule has 0 N–H and O–H groups in total. The van der Waals surface area contributed by atoms with E-state index in [-0.39, 0.29) is 11.9 Å². The van der Waals surface area contributed by atoms with Crippen LogP contribution in [-0.2, 0) is 11.2 Å². The molecule has 2 aromatic carbocycles. The number of ether oxygens (including phenoxy) is 2. The molecule has 4 nitrogen and oxygen atoms in total. The van der Waals surface area contributed by atoms with E-state index < -0.39 is 0 Å². The molecule has 4 rings (SSSR count). The molecule has 3 aromatic rings. The lowest BCUT2D eigenvalue weighted by Gasteiger charge is -2.37. The highest BCUT2D eigenvalue weighted by Crippen LogP contribution is 2.42. The number of hydrogen-bond acceptors (Lipinski definition) is 4. The van der Waals surface area contributed by atoms with Crippen molar-refractivity contribution in [3.05, 3.63) is 87.6 Å². The summed E-state index contributed by atoms with van der Waals surface area (Å²) in [6.07, 6.45) is 4.32. The lowest BCUT2D eigenvalue weighted by molar-refractivity contribution is -0.127. The summed E-state index contributed by atoms with van der Waals surface area (Å²) in [5.74, 6) is 1.41. The zero-order chi connectivity index (χ0) is 20.2. The van der Waals surface area contributed by atoms with Gasteiger partial charge in [0.25, 0.3) is 0 Å². The number of thiophene rings is 1. The minimum atomic E-state index is -0.133. The second kappa shape index (κ2) is 8.53. The Morgan fingerprint density at radius 2 is 1.83 bits per heavy atom. The van der Waals surface area contributed by atoms with Crippen LogP contribution in [0.3, 0.4) is 0 Å². The molecular formula is C24H23NO3S. The van der Waals surface area contributed by atoms with Crippen molar-refractivity contribution in [1.29, 1.82) is 0 Å². The normalized spacial score (nSPS) is 15.9. The molecule has 1 atom stereocenters. The quantitative estimate of drug-likeness (QED) is 0.564. The molecule has 0 bridgehead atoms. The van der Waals surface area contributed by atoms with Crippen molar-refractivity contribution in [2.75, 3.05) is 20.8 Å². The lowest BCUT2D eigenvalue weighted by atomic mass is 9.90. The van der Waals surface area contributed by atoms with Gasteiger partial charge in [-0.1, -0.05) is 36.4 Å². The van der Waals surface area contributed by atoms with E-state index in [9.17, 15) is 4.79 Å². The minimum absolute atomic E-state index is 0.00712. The predicted octanol–water partition coefficient (Wildman–Crippen LogP) is 4.95. The fourth-order valence-corrected chi connectivity index (χ4v) is 4.62. The average molecular weight is 406 g/mol. The van der Waals surface area contributed by atoms with Crippen LogP contribution in [0.1, 0.15) is 27.6 Å². The summed E-state index contributed by atoms with van der Waals surface area (Å²) in [5.41, 5.74) is 3.30. The number of fused-ring (bicyclic) bond motifs is 1. The molecule has 5 heteroatoms. The summed E-state index contributed by atoms with van der Waals surface area (Å²) in [4.78, 5) is 16.2. The van der Waals surface area contributed by atoms with E-state index in [0.29, 0.717) is 12.3 Å². The Morgan fingerprint density at radius 1 is 1.07 bits per heavy atom. The van der Waals surface area contributed by atoms with Crippen LogP contribution in [-0.4, -0.2) is 31.6 Å². The Balaban J connectivity index is 1.72. The molecule has 0 saturated heterocycles. The Labute approximate surface area is 175 Å². The Morgan fingerprint density at radius 3 is 2.52 bits per heavy atom. The number of hydrogen-bond donors (Lipinski definition) is 0. The number of methoxy groups -OCH3 is 2. The standard InChI is InChI=1S/C24H23NO3S/c1-27-20-15-18-12-13-25(23(26)11-10-17-7-4-3-5-8-17)24(22-9-6-14-29-22)19(18)16-21(20)28-2/h3-11,14-16,24H,12-13H2,1-2H3/b11-10+. The molecular weight excluding hydrogens is 382 g/mol. The first kappa shape index (κ1) is 19.3. The monoisotopic (exact) mass is 405 g/mol. The number of carbonyl (C=O) groups is 1. The lowest BCUT2D eigenvalue weighted by Crippen LogP contribution is -2.39. The van der Waals surface area contributed by atoms with Crippen molar-refractivity contribution in [2.24, 2.45) is 0 Å². The van der Waals surface area contributed by atoms with Gasteiger partial charge in [-0.05, 0) is 52.8 Å². The first-order valence-electron chi connectivity index (χ1n) is 9.53. The molecule has 1 aromatic heterocycles. The Bertz CT molecular complexity index is 1010. The first-order valence-corrected chi connectivity index (χ1v) is 10.4. The second-order valence-corrected chi connectivity index (χ2v) is 7.83. The summed E-state index contributed by atoms with van der Waals surface area (Å²) >= 11 is 1.66. The fraction of sp³-hybridized carbons (Fsp3) is 0.208. The molecule has 0 aliphatic carbocycles. The van der Waals surface area contributed by atoms with Crippen molar-refractivity contribution in [2.45, 2.75) is 12.5 Å². The fourth-order valence-electron chi connectivity index (χ4n) is 3.76. The maximum atomic E-state index is 13.2. The van der Waals surface area contributed by atoms with Gasteiger partial charge < -0.3 is 14.4 Å². The summed E-state index contributed by atoms with van der Waals surface area (Å²) < 4.78 is 11.0. The molecule has 1 aliphatic rings. The minimum Gasteiger partial charge on any atom is -0.493 e. The molecule has 0 radical (unpaired) electrons. The molecule has 0 spiro atoms. The van der Waals surface area contributed by atoms with Crippen molar-refractivity contribution >= 4 is 23.3 Å². The van der Waals surface area contributed by atoms with Crippen molar-refractivity contribution in [1.82, 2.24) is 4.90 Å². The first-order chi connectivity index (χ1) is 14.2. The third-order valence-electron chi connectivity index (χ3n) is 5.19. The van der Waals surface area contributed by atoms with Gasteiger partial charge in [0.05, 0.1) is 20.3 Å². The SMILES string of the molecule is COc1cc2c(cc1OC)C(c1cccs1)N(C(=O)/C=C/c1ccccc1)CC2. The van der Waals surface area contributed by atoms with Crippen molar-refractivity contribution in [3.8, 4) is 11.5 Å².